The zero-order valence-electron chi connectivity index (χ0n) is 11.5. The second kappa shape index (κ2) is 6.29. The highest BCUT2D eigenvalue weighted by atomic mass is 32.2. The molecule has 0 spiro atoms. The molecule has 23 heavy (non-hydrogen) atoms. The maximum atomic E-state index is 13.1. The van der Waals surface area contributed by atoms with Crippen molar-refractivity contribution in [1.82, 2.24) is 14.6 Å². The molecule has 0 aliphatic rings. The van der Waals surface area contributed by atoms with Crippen molar-refractivity contribution >= 4 is 29.3 Å². The fourth-order valence-corrected chi connectivity index (χ4v) is 2.51. The first-order valence-corrected chi connectivity index (χ1v) is 7.39. The summed E-state index contributed by atoms with van der Waals surface area (Å²) in [4.78, 5) is 16.2. The van der Waals surface area contributed by atoms with Crippen LogP contribution in [0.25, 0.3) is 5.65 Å². The third-order valence-corrected chi connectivity index (χ3v) is 3.80. The maximum Gasteiger partial charge on any atom is 0.249 e. The smallest absolute Gasteiger partial charge is 0.249 e. The zero-order chi connectivity index (χ0) is 16.4. The predicted molar refractivity (Wildman–Crippen MR) is 78.7 cm³/mol. The Bertz CT molecular complexity index is 884. The first kappa shape index (κ1) is 15.3. The summed E-state index contributed by atoms with van der Waals surface area (Å²) in [5.41, 5.74) is 0.384. The number of fused-ring (bicyclic) bond motifs is 1. The number of amides is 1. The summed E-state index contributed by atoms with van der Waals surface area (Å²) < 4.78 is 40.1. The number of aromatic nitrogens is 3. The van der Waals surface area contributed by atoms with Crippen LogP contribution in [0, 0.1) is 17.5 Å². The number of hydrogen-bond donors (Lipinski definition) is 1. The number of nitrogens with zero attached hydrogens (tertiary/aromatic N) is 3. The van der Waals surface area contributed by atoms with E-state index in [4.69, 9.17) is 0 Å². The van der Waals surface area contributed by atoms with Crippen LogP contribution in [0.2, 0.25) is 0 Å². The molecule has 0 aliphatic carbocycles. The molecule has 2 aromatic heterocycles. The summed E-state index contributed by atoms with van der Waals surface area (Å²) in [7, 11) is 0. The van der Waals surface area contributed by atoms with Crippen LogP contribution in [-0.2, 0) is 4.79 Å². The number of halogens is 3. The van der Waals surface area contributed by atoms with Gasteiger partial charge in [0.2, 0.25) is 11.9 Å². The van der Waals surface area contributed by atoms with Crippen LogP contribution in [0.5, 0.6) is 0 Å². The Balaban J connectivity index is 1.62. The minimum absolute atomic E-state index is 0.0328. The lowest BCUT2D eigenvalue weighted by molar-refractivity contribution is -0.113. The first-order valence-electron chi connectivity index (χ1n) is 6.41. The van der Waals surface area contributed by atoms with Gasteiger partial charge in [-0.05, 0) is 30.3 Å². The molecule has 3 aromatic rings. The fourth-order valence-electron chi connectivity index (χ4n) is 1.79. The van der Waals surface area contributed by atoms with Crippen molar-refractivity contribution in [2.24, 2.45) is 0 Å². The van der Waals surface area contributed by atoms with Crippen LogP contribution >= 0.6 is 11.8 Å². The first-order chi connectivity index (χ1) is 11.0. The zero-order valence-corrected chi connectivity index (χ0v) is 12.3. The Morgan fingerprint density at radius 3 is 2.78 bits per heavy atom. The van der Waals surface area contributed by atoms with E-state index < -0.39 is 23.4 Å². The molecule has 9 heteroatoms. The normalized spacial score (nSPS) is 10.9. The monoisotopic (exact) mass is 338 g/mol. The lowest BCUT2D eigenvalue weighted by atomic mass is 10.3. The number of anilines is 1. The van der Waals surface area contributed by atoms with Crippen LogP contribution < -0.4 is 5.32 Å². The molecule has 3 rings (SSSR count). The highest BCUT2D eigenvalue weighted by molar-refractivity contribution is 8.00. The van der Waals surface area contributed by atoms with Crippen molar-refractivity contribution in [3.8, 4) is 0 Å². The second-order valence-corrected chi connectivity index (χ2v) is 5.55. The molecule has 0 atom stereocenters. The van der Waals surface area contributed by atoms with Gasteiger partial charge in [-0.1, -0.05) is 0 Å². The summed E-state index contributed by atoms with van der Waals surface area (Å²) >= 11 is 1.04. The highest BCUT2D eigenvalue weighted by Crippen LogP contribution is 2.20. The molecule has 0 saturated heterocycles. The third kappa shape index (κ3) is 3.62. The number of hydrogen-bond acceptors (Lipinski definition) is 4. The molecule has 1 N–H and O–H groups in total. The Labute approximate surface area is 132 Å². The lowest BCUT2D eigenvalue weighted by Crippen LogP contribution is -2.15. The molecular formula is C14H9F3N4OS. The summed E-state index contributed by atoms with van der Waals surface area (Å²) in [5, 5.41) is 6.36. The Morgan fingerprint density at radius 1 is 1.17 bits per heavy atom. The molecule has 0 fully saturated rings. The second-order valence-electron chi connectivity index (χ2n) is 4.50. The number of nitrogens with one attached hydrogen (secondary N) is 1. The largest absolute Gasteiger partial charge is 0.292 e. The van der Waals surface area contributed by atoms with Crippen LogP contribution in [0.15, 0.2) is 41.4 Å². The summed E-state index contributed by atoms with van der Waals surface area (Å²) in [6.45, 7) is 0. The molecule has 1 amide bonds. The maximum absolute atomic E-state index is 13.1. The van der Waals surface area contributed by atoms with E-state index in [1.54, 1.807) is 0 Å². The average molecular weight is 338 g/mol. The van der Waals surface area contributed by atoms with E-state index in [1.807, 2.05) is 0 Å². The van der Waals surface area contributed by atoms with E-state index >= 15 is 0 Å². The van der Waals surface area contributed by atoms with E-state index in [-0.39, 0.29) is 11.7 Å². The van der Waals surface area contributed by atoms with Crippen molar-refractivity contribution < 1.29 is 18.0 Å². The van der Waals surface area contributed by atoms with Crippen molar-refractivity contribution in [3.63, 3.8) is 0 Å². The molecule has 0 unspecified atom stereocenters. The number of rotatable bonds is 4. The van der Waals surface area contributed by atoms with Gasteiger partial charge in [0.1, 0.15) is 5.82 Å². The van der Waals surface area contributed by atoms with Crippen molar-refractivity contribution in [2.45, 2.75) is 4.90 Å². The molecule has 0 aliphatic heterocycles. The molecular weight excluding hydrogens is 329 g/mol. The molecule has 2 heterocycles. The van der Waals surface area contributed by atoms with E-state index in [0.29, 0.717) is 10.5 Å². The standard InChI is InChI=1S/C14H9F3N4OS/c15-8-1-4-12-18-14(20-21(12)6-8)19-13(22)7-23-9-2-3-10(16)11(17)5-9/h1-6H,7H2,(H,19,20,22). The molecule has 5 nitrogen and oxygen atoms in total. The van der Waals surface area contributed by atoms with Crippen LogP contribution in [0.3, 0.4) is 0 Å². The van der Waals surface area contributed by atoms with Gasteiger partial charge >= 0.3 is 0 Å². The van der Waals surface area contributed by atoms with Crippen LogP contribution in [-0.4, -0.2) is 26.3 Å². The molecule has 1 aromatic carbocycles. The van der Waals surface area contributed by atoms with Crippen molar-refractivity contribution in [2.75, 3.05) is 11.1 Å². The number of carbonyl (C=O) groups excluding carboxylic acids is 1. The van der Waals surface area contributed by atoms with Gasteiger partial charge in [-0.25, -0.2) is 17.7 Å². The summed E-state index contributed by atoms with van der Waals surface area (Å²) in [6.07, 6.45) is 1.13. The van der Waals surface area contributed by atoms with Gasteiger partial charge < -0.3 is 0 Å². The van der Waals surface area contributed by atoms with E-state index in [0.717, 1.165) is 30.1 Å². The van der Waals surface area contributed by atoms with Gasteiger partial charge in [-0.2, -0.15) is 4.98 Å². The number of thioether (sulfide) groups is 1. The van der Waals surface area contributed by atoms with E-state index in [9.17, 15) is 18.0 Å². The average Bonchev–Trinajstić information content (AvgIpc) is 2.89. The van der Waals surface area contributed by atoms with Gasteiger partial charge in [0.25, 0.3) is 0 Å². The lowest BCUT2D eigenvalue weighted by Gasteiger charge is -2.02. The van der Waals surface area contributed by atoms with Crippen molar-refractivity contribution in [3.05, 3.63) is 54.0 Å². The van der Waals surface area contributed by atoms with Gasteiger partial charge in [-0.3, -0.25) is 10.1 Å². The minimum atomic E-state index is -0.973. The minimum Gasteiger partial charge on any atom is -0.292 e. The van der Waals surface area contributed by atoms with Gasteiger partial charge in [0.05, 0.1) is 11.9 Å². The van der Waals surface area contributed by atoms with Crippen molar-refractivity contribution in [1.29, 1.82) is 0 Å². The Hall–Kier alpha value is -2.55. The third-order valence-electron chi connectivity index (χ3n) is 2.81. The van der Waals surface area contributed by atoms with E-state index in [2.05, 4.69) is 15.4 Å². The summed E-state index contributed by atoms with van der Waals surface area (Å²) in [5.74, 6) is -2.81. The molecule has 0 radical (unpaired) electrons. The predicted octanol–water partition coefficient (Wildman–Crippen LogP) is 2.88. The van der Waals surface area contributed by atoms with Gasteiger partial charge in [0, 0.05) is 4.90 Å². The van der Waals surface area contributed by atoms with Crippen LogP contribution in [0.1, 0.15) is 0 Å². The summed E-state index contributed by atoms with van der Waals surface area (Å²) in [6, 6.07) is 6.04. The molecule has 118 valence electrons. The Morgan fingerprint density at radius 2 is 2.00 bits per heavy atom. The van der Waals surface area contributed by atoms with E-state index in [1.165, 1.54) is 22.7 Å². The van der Waals surface area contributed by atoms with Gasteiger partial charge in [0.15, 0.2) is 17.3 Å². The topological polar surface area (TPSA) is 59.3 Å². The number of carbonyl (C=O) groups is 1. The highest BCUT2D eigenvalue weighted by Gasteiger charge is 2.10. The Kier molecular flexibility index (Phi) is 4.20. The fraction of sp³-hybridized carbons (Fsp3) is 0.0714. The molecule has 0 bridgehead atoms. The van der Waals surface area contributed by atoms with Gasteiger partial charge in [-0.15, -0.1) is 16.9 Å². The number of benzene rings is 1. The quantitative estimate of drug-likeness (QED) is 0.743. The number of pyridine rings is 1. The molecule has 0 saturated carbocycles. The SMILES string of the molecule is O=C(CSc1ccc(F)c(F)c1)Nc1nc2ccc(F)cn2n1. The van der Waals surface area contributed by atoms with Crippen LogP contribution in [0.4, 0.5) is 19.1 Å².